The smallest absolute Gasteiger partial charge is 0.227 e. The number of rotatable bonds is 3. The quantitative estimate of drug-likeness (QED) is 0.583. The van der Waals surface area contributed by atoms with E-state index >= 15 is 0 Å². The molecule has 1 aliphatic heterocycles. The minimum absolute atomic E-state index is 0.0416. The maximum Gasteiger partial charge on any atom is 0.227 e. The first-order chi connectivity index (χ1) is 13.3. The van der Waals surface area contributed by atoms with Crippen LogP contribution in [0, 0.1) is 0 Å². The van der Waals surface area contributed by atoms with Crippen molar-refractivity contribution in [1.82, 2.24) is 14.9 Å². The number of H-pyrrole nitrogens is 1. The third-order valence-corrected chi connectivity index (χ3v) is 5.52. The maximum absolute atomic E-state index is 13.1. The zero-order valence-electron chi connectivity index (χ0n) is 15.1. The number of aromatic nitrogens is 2. The molecule has 134 valence electrons. The summed E-state index contributed by atoms with van der Waals surface area (Å²) in [5.41, 5.74) is 3.08. The minimum Gasteiger partial charge on any atom is -0.340 e. The van der Waals surface area contributed by atoms with Crippen molar-refractivity contribution in [3.05, 3.63) is 78.1 Å². The first kappa shape index (κ1) is 16.1. The number of nitrogens with zero attached hydrogens (tertiary/aromatic N) is 2. The lowest BCUT2D eigenvalue weighted by Gasteiger charge is -2.23. The molecule has 1 aliphatic rings. The Balaban J connectivity index is 1.43. The van der Waals surface area contributed by atoms with Gasteiger partial charge in [0.15, 0.2) is 0 Å². The van der Waals surface area contributed by atoms with Crippen LogP contribution in [0.5, 0.6) is 0 Å². The van der Waals surface area contributed by atoms with Crippen LogP contribution in [0.15, 0.2) is 66.7 Å². The van der Waals surface area contributed by atoms with E-state index in [0.717, 1.165) is 47.2 Å². The van der Waals surface area contributed by atoms with Crippen molar-refractivity contribution in [2.75, 3.05) is 6.54 Å². The van der Waals surface area contributed by atoms with Gasteiger partial charge >= 0.3 is 0 Å². The van der Waals surface area contributed by atoms with Crippen LogP contribution >= 0.6 is 0 Å². The number of benzene rings is 3. The fourth-order valence-electron chi connectivity index (χ4n) is 4.19. The molecule has 5 rings (SSSR count). The molecular weight excluding hydrogens is 334 g/mol. The van der Waals surface area contributed by atoms with Crippen molar-refractivity contribution in [2.24, 2.45) is 0 Å². The number of likely N-dealkylation sites (tertiary alicyclic amines) is 1. The second kappa shape index (κ2) is 6.54. The number of carbonyl (C=O) groups excluding carboxylic acids is 1. The number of hydrogen-bond acceptors (Lipinski definition) is 2. The van der Waals surface area contributed by atoms with Gasteiger partial charge in [-0.1, -0.05) is 54.6 Å². The Labute approximate surface area is 157 Å². The monoisotopic (exact) mass is 355 g/mol. The van der Waals surface area contributed by atoms with Crippen LogP contribution in [-0.4, -0.2) is 27.3 Å². The summed E-state index contributed by atoms with van der Waals surface area (Å²) in [5, 5.41) is 2.34. The highest BCUT2D eigenvalue weighted by Crippen LogP contribution is 2.32. The van der Waals surface area contributed by atoms with E-state index in [1.165, 1.54) is 5.39 Å². The standard InChI is InChI=1S/C23H21N3O/c27-22(15-17-9-5-8-16-7-1-2-10-18(16)17)26-14-6-13-21(26)23-24-19-11-3-4-12-20(19)25-23/h1-5,7-12,21H,6,13-15H2,(H,24,25). The Kier molecular flexibility index (Phi) is 3.89. The van der Waals surface area contributed by atoms with Gasteiger partial charge < -0.3 is 9.88 Å². The van der Waals surface area contributed by atoms with Crippen LogP contribution in [0.25, 0.3) is 21.8 Å². The zero-order valence-corrected chi connectivity index (χ0v) is 15.1. The topological polar surface area (TPSA) is 49.0 Å². The van der Waals surface area contributed by atoms with E-state index in [-0.39, 0.29) is 11.9 Å². The van der Waals surface area contributed by atoms with Crippen LogP contribution in [0.1, 0.15) is 30.3 Å². The lowest BCUT2D eigenvalue weighted by molar-refractivity contribution is -0.131. The molecule has 4 aromatic rings. The van der Waals surface area contributed by atoms with E-state index in [1.54, 1.807) is 0 Å². The van der Waals surface area contributed by atoms with Crippen molar-refractivity contribution in [3.8, 4) is 0 Å². The van der Waals surface area contributed by atoms with E-state index in [4.69, 9.17) is 4.98 Å². The predicted octanol–water partition coefficient (Wildman–Crippen LogP) is 4.62. The fraction of sp³-hybridized carbons (Fsp3) is 0.217. The van der Waals surface area contributed by atoms with Gasteiger partial charge in [0, 0.05) is 6.54 Å². The number of fused-ring (bicyclic) bond motifs is 2. The molecule has 1 saturated heterocycles. The molecule has 2 heterocycles. The van der Waals surface area contributed by atoms with Crippen LogP contribution in [0.2, 0.25) is 0 Å². The van der Waals surface area contributed by atoms with E-state index in [9.17, 15) is 4.79 Å². The van der Waals surface area contributed by atoms with Gasteiger partial charge in [0.05, 0.1) is 23.5 Å². The zero-order chi connectivity index (χ0) is 18.2. The first-order valence-electron chi connectivity index (χ1n) is 9.50. The molecule has 4 nitrogen and oxygen atoms in total. The van der Waals surface area contributed by atoms with Crippen LogP contribution in [0.4, 0.5) is 0 Å². The molecule has 0 radical (unpaired) electrons. The highest BCUT2D eigenvalue weighted by molar-refractivity contribution is 5.90. The molecule has 0 saturated carbocycles. The lowest BCUT2D eigenvalue weighted by atomic mass is 10.0. The second-order valence-electron chi connectivity index (χ2n) is 7.20. The Hall–Kier alpha value is -3.14. The van der Waals surface area contributed by atoms with Gasteiger partial charge in [-0.15, -0.1) is 0 Å². The largest absolute Gasteiger partial charge is 0.340 e. The predicted molar refractivity (Wildman–Crippen MR) is 107 cm³/mol. The van der Waals surface area contributed by atoms with Gasteiger partial charge in [-0.05, 0) is 41.3 Å². The summed E-state index contributed by atoms with van der Waals surface area (Å²) in [6, 6.07) is 22.5. The van der Waals surface area contributed by atoms with E-state index < -0.39 is 0 Å². The average molecular weight is 355 g/mol. The molecule has 4 heteroatoms. The van der Waals surface area contributed by atoms with Gasteiger partial charge in [-0.25, -0.2) is 4.98 Å². The van der Waals surface area contributed by atoms with Crippen molar-refractivity contribution < 1.29 is 4.79 Å². The number of nitrogens with one attached hydrogen (secondary N) is 1. The van der Waals surface area contributed by atoms with E-state index in [1.807, 2.05) is 47.4 Å². The number of para-hydroxylation sites is 2. The molecule has 1 unspecified atom stereocenters. The number of carbonyl (C=O) groups is 1. The van der Waals surface area contributed by atoms with Crippen LogP contribution in [0.3, 0.4) is 0 Å². The highest BCUT2D eigenvalue weighted by atomic mass is 16.2. The summed E-state index contributed by atoms with van der Waals surface area (Å²) in [5.74, 6) is 1.08. The normalized spacial score (nSPS) is 17.0. The third-order valence-electron chi connectivity index (χ3n) is 5.52. The highest BCUT2D eigenvalue weighted by Gasteiger charge is 2.32. The summed E-state index contributed by atoms with van der Waals surface area (Å²) in [6.07, 6.45) is 2.40. The van der Waals surface area contributed by atoms with Crippen LogP contribution in [-0.2, 0) is 11.2 Å². The fourth-order valence-corrected chi connectivity index (χ4v) is 4.19. The number of amides is 1. The number of hydrogen-bond donors (Lipinski definition) is 1. The molecule has 0 bridgehead atoms. The second-order valence-corrected chi connectivity index (χ2v) is 7.20. The SMILES string of the molecule is O=C(Cc1cccc2ccccc12)N1CCCC1c1nc2ccccc2[nH]1. The minimum atomic E-state index is 0.0416. The van der Waals surface area contributed by atoms with Crippen molar-refractivity contribution >= 4 is 27.7 Å². The molecule has 0 spiro atoms. The van der Waals surface area contributed by atoms with Gasteiger partial charge in [0.1, 0.15) is 5.82 Å². The Bertz CT molecular complexity index is 1090. The van der Waals surface area contributed by atoms with Gasteiger partial charge in [0.25, 0.3) is 0 Å². The summed E-state index contributed by atoms with van der Waals surface area (Å²) < 4.78 is 0. The lowest BCUT2D eigenvalue weighted by Crippen LogP contribution is -2.32. The summed E-state index contributed by atoms with van der Waals surface area (Å²) in [6.45, 7) is 0.797. The van der Waals surface area contributed by atoms with E-state index in [0.29, 0.717) is 6.42 Å². The Morgan fingerprint density at radius 1 is 1.04 bits per heavy atom. The molecule has 1 fully saturated rings. The number of aromatic amines is 1. The maximum atomic E-state index is 13.1. The Morgan fingerprint density at radius 3 is 2.78 bits per heavy atom. The summed E-state index contributed by atoms with van der Waals surface area (Å²) in [7, 11) is 0. The number of imidazole rings is 1. The van der Waals surface area contributed by atoms with Gasteiger partial charge in [-0.3, -0.25) is 4.79 Å². The molecule has 1 atom stereocenters. The molecule has 3 aromatic carbocycles. The van der Waals surface area contributed by atoms with Crippen molar-refractivity contribution in [1.29, 1.82) is 0 Å². The molecule has 1 amide bonds. The summed E-state index contributed by atoms with van der Waals surface area (Å²) in [4.78, 5) is 23.3. The van der Waals surface area contributed by atoms with Gasteiger partial charge in [-0.2, -0.15) is 0 Å². The molecule has 27 heavy (non-hydrogen) atoms. The molecule has 1 aromatic heterocycles. The average Bonchev–Trinajstić information content (AvgIpc) is 3.35. The first-order valence-corrected chi connectivity index (χ1v) is 9.50. The summed E-state index contributed by atoms with van der Waals surface area (Å²) >= 11 is 0. The van der Waals surface area contributed by atoms with Crippen LogP contribution < -0.4 is 0 Å². The van der Waals surface area contributed by atoms with E-state index in [2.05, 4.69) is 29.2 Å². The Morgan fingerprint density at radius 2 is 1.85 bits per heavy atom. The van der Waals surface area contributed by atoms with Crippen molar-refractivity contribution in [2.45, 2.75) is 25.3 Å². The molecule has 1 N–H and O–H groups in total. The molecular formula is C23H21N3O. The third kappa shape index (κ3) is 2.87. The van der Waals surface area contributed by atoms with Gasteiger partial charge in [0.2, 0.25) is 5.91 Å². The molecule has 0 aliphatic carbocycles. The van der Waals surface area contributed by atoms with Crippen molar-refractivity contribution in [3.63, 3.8) is 0 Å².